The minimum Gasteiger partial charge on any atom is -0.228 e. The lowest BCUT2D eigenvalue weighted by atomic mass is 9.82. The van der Waals surface area contributed by atoms with Crippen molar-refractivity contribution >= 4 is 21.5 Å². The van der Waals surface area contributed by atoms with Gasteiger partial charge in [0.2, 0.25) is 0 Å². The van der Waals surface area contributed by atoms with Gasteiger partial charge in [0.15, 0.2) is 5.82 Å². The summed E-state index contributed by atoms with van der Waals surface area (Å²) in [6.45, 7) is 4.71. The summed E-state index contributed by atoms with van der Waals surface area (Å²) in [5, 5.41) is 4.95. The molecule has 0 amide bonds. The van der Waals surface area contributed by atoms with Gasteiger partial charge >= 0.3 is 0 Å². The fourth-order valence-corrected chi connectivity index (χ4v) is 9.34. The maximum atomic E-state index is 5.25. The second kappa shape index (κ2) is 13.9. The molecule has 2 nitrogen and oxygen atoms in total. The summed E-state index contributed by atoms with van der Waals surface area (Å²) in [6, 6.07) is 74.3. The van der Waals surface area contributed by atoms with Crippen LogP contribution in [0.2, 0.25) is 0 Å². The quantitative estimate of drug-likeness (QED) is 0.169. The molecule has 9 aromatic carbocycles. The smallest absolute Gasteiger partial charge is 0.160 e. The largest absolute Gasteiger partial charge is 0.228 e. The van der Waals surface area contributed by atoms with Crippen molar-refractivity contribution in [1.82, 2.24) is 9.97 Å². The lowest BCUT2D eigenvalue weighted by Gasteiger charge is -2.21. The highest BCUT2D eigenvalue weighted by atomic mass is 14.9. The Labute approximate surface area is 345 Å². The van der Waals surface area contributed by atoms with Crippen molar-refractivity contribution in [3.8, 4) is 78.4 Å². The standard InChI is InChI=1S/C57H40N2/c1-57(2)51-33-30-42(35-50(51)55-45-21-10-9-17-39(45)29-34-52(55)57)37-25-27-40(28-26-37)44-31-32-49(47-23-13-12-22-46(44)47)54-36-53(58-56(59-54)41-18-7-4-8-19-41)48-24-14-11-20-43(48)38-15-5-3-6-16-38/h3-36H,1-2H3. The van der Waals surface area contributed by atoms with E-state index < -0.39 is 0 Å². The van der Waals surface area contributed by atoms with Crippen LogP contribution in [0, 0.1) is 0 Å². The summed E-state index contributed by atoms with van der Waals surface area (Å²) in [4.78, 5) is 10.5. The maximum absolute atomic E-state index is 5.25. The van der Waals surface area contributed by atoms with Gasteiger partial charge in [0.05, 0.1) is 11.4 Å². The van der Waals surface area contributed by atoms with Gasteiger partial charge in [-0.25, -0.2) is 9.97 Å². The van der Waals surface area contributed by atoms with E-state index in [-0.39, 0.29) is 5.41 Å². The third-order valence-corrected chi connectivity index (χ3v) is 12.3. The summed E-state index contributed by atoms with van der Waals surface area (Å²) in [7, 11) is 0. The Kier molecular flexibility index (Phi) is 8.20. The molecule has 1 heterocycles. The van der Waals surface area contributed by atoms with Crippen molar-refractivity contribution in [3.05, 3.63) is 217 Å². The van der Waals surface area contributed by atoms with Gasteiger partial charge in [-0.2, -0.15) is 0 Å². The third kappa shape index (κ3) is 5.87. The highest BCUT2D eigenvalue weighted by molar-refractivity contribution is 6.06. The maximum Gasteiger partial charge on any atom is 0.160 e. The van der Waals surface area contributed by atoms with Crippen molar-refractivity contribution in [2.24, 2.45) is 0 Å². The molecule has 59 heavy (non-hydrogen) atoms. The average Bonchev–Trinajstić information content (AvgIpc) is 3.54. The predicted molar refractivity (Wildman–Crippen MR) is 247 cm³/mol. The van der Waals surface area contributed by atoms with Crippen LogP contribution in [0.25, 0.3) is 100.0 Å². The van der Waals surface area contributed by atoms with E-state index in [1.807, 2.05) is 18.2 Å². The fourth-order valence-electron chi connectivity index (χ4n) is 9.34. The number of fused-ring (bicyclic) bond motifs is 6. The molecule has 11 rings (SSSR count). The van der Waals surface area contributed by atoms with Gasteiger partial charge in [-0.05, 0) is 89.3 Å². The molecular formula is C57H40N2. The van der Waals surface area contributed by atoms with Crippen LogP contribution >= 0.6 is 0 Å². The summed E-state index contributed by atoms with van der Waals surface area (Å²) >= 11 is 0. The molecule has 1 aromatic heterocycles. The molecular weight excluding hydrogens is 713 g/mol. The number of hydrogen-bond acceptors (Lipinski definition) is 2. The number of aromatic nitrogens is 2. The molecule has 0 saturated carbocycles. The molecule has 0 atom stereocenters. The zero-order valence-corrected chi connectivity index (χ0v) is 33.0. The summed E-state index contributed by atoms with van der Waals surface area (Å²) in [5.41, 5.74) is 17.5. The number of nitrogens with zero attached hydrogens (tertiary/aromatic N) is 2. The van der Waals surface area contributed by atoms with Crippen LogP contribution in [0.4, 0.5) is 0 Å². The highest BCUT2D eigenvalue weighted by Gasteiger charge is 2.36. The van der Waals surface area contributed by atoms with Crippen LogP contribution < -0.4 is 0 Å². The van der Waals surface area contributed by atoms with E-state index >= 15 is 0 Å². The Morgan fingerprint density at radius 2 is 0.847 bits per heavy atom. The van der Waals surface area contributed by atoms with Crippen LogP contribution in [-0.2, 0) is 5.41 Å². The number of benzene rings is 9. The molecule has 0 fully saturated rings. The van der Waals surface area contributed by atoms with E-state index in [0.29, 0.717) is 5.82 Å². The molecule has 278 valence electrons. The molecule has 1 aliphatic carbocycles. The van der Waals surface area contributed by atoms with E-state index in [0.717, 1.165) is 44.6 Å². The summed E-state index contributed by atoms with van der Waals surface area (Å²) < 4.78 is 0. The Hall–Kier alpha value is -7.42. The monoisotopic (exact) mass is 752 g/mol. The zero-order chi connectivity index (χ0) is 39.5. The second-order valence-electron chi connectivity index (χ2n) is 16.1. The van der Waals surface area contributed by atoms with Gasteiger partial charge in [-0.3, -0.25) is 0 Å². The Morgan fingerprint density at radius 3 is 1.59 bits per heavy atom. The van der Waals surface area contributed by atoms with E-state index in [1.165, 1.54) is 60.7 Å². The second-order valence-corrected chi connectivity index (χ2v) is 16.1. The first kappa shape index (κ1) is 34.8. The third-order valence-electron chi connectivity index (χ3n) is 12.3. The molecule has 0 N–H and O–H groups in total. The fraction of sp³-hybridized carbons (Fsp3) is 0.0526. The molecule has 0 aliphatic heterocycles. The van der Waals surface area contributed by atoms with Gasteiger partial charge in [0, 0.05) is 22.1 Å². The van der Waals surface area contributed by atoms with Gasteiger partial charge < -0.3 is 0 Å². The molecule has 0 unspecified atom stereocenters. The Balaban J connectivity index is 0.999. The van der Waals surface area contributed by atoms with Gasteiger partial charge in [-0.1, -0.05) is 208 Å². The van der Waals surface area contributed by atoms with Crippen molar-refractivity contribution in [1.29, 1.82) is 0 Å². The Morgan fingerprint density at radius 1 is 0.322 bits per heavy atom. The van der Waals surface area contributed by atoms with E-state index in [1.54, 1.807) is 0 Å². The summed E-state index contributed by atoms with van der Waals surface area (Å²) in [6.07, 6.45) is 0. The number of rotatable bonds is 6. The first-order valence-corrected chi connectivity index (χ1v) is 20.4. The van der Waals surface area contributed by atoms with Crippen LogP contribution in [0.5, 0.6) is 0 Å². The summed E-state index contributed by atoms with van der Waals surface area (Å²) in [5.74, 6) is 0.705. The lowest BCUT2D eigenvalue weighted by Crippen LogP contribution is -2.14. The first-order chi connectivity index (χ1) is 29.0. The van der Waals surface area contributed by atoms with Crippen molar-refractivity contribution in [2.45, 2.75) is 19.3 Å². The van der Waals surface area contributed by atoms with E-state index in [9.17, 15) is 0 Å². The minimum atomic E-state index is -0.0482. The Bertz CT molecular complexity index is 3220. The normalized spacial score (nSPS) is 12.7. The minimum absolute atomic E-state index is 0.0482. The van der Waals surface area contributed by atoms with Crippen LogP contribution in [0.3, 0.4) is 0 Å². The van der Waals surface area contributed by atoms with Crippen LogP contribution in [0.15, 0.2) is 206 Å². The topological polar surface area (TPSA) is 25.8 Å². The molecule has 10 aromatic rings. The molecule has 0 spiro atoms. The molecule has 1 aliphatic rings. The molecule has 2 heteroatoms. The first-order valence-electron chi connectivity index (χ1n) is 20.4. The lowest BCUT2D eigenvalue weighted by molar-refractivity contribution is 0.661. The molecule has 0 bridgehead atoms. The predicted octanol–water partition coefficient (Wildman–Crippen LogP) is 15.1. The molecule has 0 saturated heterocycles. The van der Waals surface area contributed by atoms with Crippen molar-refractivity contribution in [3.63, 3.8) is 0 Å². The van der Waals surface area contributed by atoms with Crippen LogP contribution in [0.1, 0.15) is 25.0 Å². The van der Waals surface area contributed by atoms with Crippen molar-refractivity contribution in [2.75, 3.05) is 0 Å². The highest BCUT2D eigenvalue weighted by Crippen LogP contribution is 2.52. The average molecular weight is 753 g/mol. The zero-order valence-electron chi connectivity index (χ0n) is 33.0. The molecule has 0 radical (unpaired) electrons. The van der Waals surface area contributed by atoms with Crippen molar-refractivity contribution < 1.29 is 0 Å². The SMILES string of the molecule is CC1(C)c2ccc(-c3ccc(-c4ccc(-c5cc(-c6ccccc6-c6ccccc6)nc(-c6ccccc6)n5)c5ccccc45)cc3)cc2-c2c1ccc1ccccc21. The van der Waals surface area contributed by atoms with Gasteiger partial charge in [-0.15, -0.1) is 0 Å². The van der Waals surface area contributed by atoms with Gasteiger partial charge in [0.1, 0.15) is 0 Å². The van der Waals surface area contributed by atoms with Crippen LogP contribution in [-0.4, -0.2) is 9.97 Å². The number of hydrogen-bond donors (Lipinski definition) is 0. The van der Waals surface area contributed by atoms with Gasteiger partial charge in [0.25, 0.3) is 0 Å². The van der Waals surface area contributed by atoms with E-state index in [4.69, 9.17) is 9.97 Å². The van der Waals surface area contributed by atoms with E-state index in [2.05, 4.69) is 202 Å².